The Balaban J connectivity index is 2.35. The van der Waals surface area contributed by atoms with Crippen molar-refractivity contribution in [1.29, 1.82) is 0 Å². The summed E-state index contributed by atoms with van der Waals surface area (Å²) in [5, 5.41) is 11.0. The molecule has 2 aromatic rings. The first-order valence-corrected chi connectivity index (χ1v) is 6.76. The minimum absolute atomic E-state index is 0.135. The first kappa shape index (κ1) is 13.0. The van der Waals surface area contributed by atoms with E-state index in [1.807, 2.05) is 36.4 Å². The van der Waals surface area contributed by atoms with E-state index >= 15 is 0 Å². The molecule has 3 nitrogen and oxygen atoms in total. The predicted octanol–water partition coefficient (Wildman–Crippen LogP) is 4.18. The average molecular weight is 277 g/mol. The van der Waals surface area contributed by atoms with E-state index in [4.69, 9.17) is 0 Å². The molecular formula is C13H11NO2S2. The molecule has 18 heavy (non-hydrogen) atoms. The van der Waals surface area contributed by atoms with Crippen LogP contribution in [-0.4, -0.2) is 4.92 Å². The first-order valence-electron chi connectivity index (χ1n) is 5.32. The number of hydrogen-bond donors (Lipinski definition) is 1. The van der Waals surface area contributed by atoms with Crippen LogP contribution < -0.4 is 0 Å². The lowest BCUT2D eigenvalue weighted by molar-refractivity contribution is -0.387. The van der Waals surface area contributed by atoms with E-state index in [2.05, 4.69) is 12.6 Å². The molecule has 0 N–H and O–H groups in total. The first-order chi connectivity index (χ1) is 8.70. The van der Waals surface area contributed by atoms with Gasteiger partial charge in [-0.15, -0.1) is 0 Å². The van der Waals surface area contributed by atoms with Crippen LogP contribution in [0.25, 0.3) is 0 Å². The van der Waals surface area contributed by atoms with E-state index in [0.717, 1.165) is 10.5 Å². The van der Waals surface area contributed by atoms with E-state index < -0.39 is 0 Å². The maximum Gasteiger partial charge on any atom is 0.283 e. The second kappa shape index (κ2) is 5.93. The predicted molar refractivity (Wildman–Crippen MR) is 76.4 cm³/mol. The molecule has 92 valence electrons. The second-order valence-electron chi connectivity index (χ2n) is 3.63. The summed E-state index contributed by atoms with van der Waals surface area (Å²) < 4.78 is 0. The molecule has 0 saturated carbocycles. The van der Waals surface area contributed by atoms with Gasteiger partial charge in [-0.3, -0.25) is 10.1 Å². The van der Waals surface area contributed by atoms with Crippen molar-refractivity contribution in [3.63, 3.8) is 0 Å². The quantitative estimate of drug-likeness (QED) is 0.518. The standard InChI is InChI=1S/C13H11NO2S2/c15-14(16)12-8-10(9-17)6-7-13(12)18-11-4-2-1-3-5-11/h1-8,17H,9H2. The zero-order valence-electron chi connectivity index (χ0n) is 9.45. The van der Waals surface area contributed by atoms with Crippen molar-refractivity contribution in [2.24, 2.45) is 0 Å². The van der Waals surface area contributed by atoms with Crippen molar-refractivity contribution in [3.8, 4) is 0 Å². The van der Waals surface area contributed by atoms with Crippen molar-refractivity contribution in [2.45, 2.75) is 15.5 Å². The molecule has 2 aromatic carbocycles. The lowest BCUT2D eigenvalue weighted by Crippen LogP contribution is -1.92. The fraction of sp³-hybridized carbons (Fsp3) is 0.0769. The van der Waals surface area contributed by atoms with E-state index in [0.29, 0.717) is 10.6 Å². The number of hydrogen-bond acceptors (Lipinski definition) is 4. The molecule has 0 amide bonds. The fourth-order valence-electron chi connectivity index (χ4n) is 1.51. The number of nitro benzene ring substituents is 1. The highest BCUT2D eigenvalue weighted by atomic mass is 32.2. The number of nitrogens with zero attached hydrogens (tertiary/aromatic N) is 1. The van der Waals surface area contributed by atoms with Crippen LogP contribution in [0.15, 0.2) is 58.3 Å². The Morgan fingerprint density at radius 2 is 1.89 bits per heavy atom. The highest BCUT2D eigenvalue weighted by molar-refractivity contribution is 7.99. The van der Waals surface area contributed by atoms with Crippen molar-refractivity contribution in [3.05, 3.63) is 64.2 Å². The molecule has 0 aliphatic heterocycles. The van der Waals surface area contributed by atoms with Crippen molar-refractivity contribution >= 4 is 30.1 Å². The number of rotatable bonds is 4. The van der Waals surface area contributed by atoms with Crippen LogP contribution in [0.4, 0.5) is 5.69 Å². The molecule has 0 aromatic heterocycles. The van der Waals surface area contributed by atoms with Gasteiger partial charge in [0.1, 0.15) is 0 Å². The number of thiol groups is 1. The molecule has 0 heterocycles. The minimum Gasteiger partial charge on any atom is -0.258 e. The van der Waals surface area contributed by atoms with Gasteiger partial charge in [-0.1, -0.05) is 36.0 Å². The minimum atomic E-state index is -0.349. The third kappa shape index (κ3) is 3.05. The number of benzene rings is 2. The van der Waals surface area contributed by atoms with Gasteiger partial charge in [0.15, 0.2) is 0 Å². The Hall–Kier alpha value is -1.46. The van der Waals surface area contributed by atoms with Crippen LogP contribution in [0.1, 0.15) is 5.56 Å². The molecule has 2 rings (SSSR count). The Labute approximate surface area is 115 Å². The number of nitro groups is 1. The maximum atomic E-state index is 11.0. The summed E-state index contributed by atoms with van der Waals surface area (Å²) in [5.41, 5.74) is 0.984. The van der Waals surface area contributed by atoms with Gasteiger partial charge in [-0.25, -0.2) is 0 Å². The van der Waals surface area contributed by atoms with E-state index in [9.17, 15) is 10.1 Å². The van der Waals surface area contributed by atoms with Gasteiger partial charge in [-0.05, 0) is 23.8 Å². The Morgan fingerprint density at radius 1 is 1.17 bits per heavy atom. The summed E-state index contributed by atoms with van der Waals surface area (Å²) in [5.74, 6) is 0.497. The Bertz CT molecular complexity index is 558. The summed E-state index contributed by atoms with van der Waals surface area (Å²) in [6.07, 6.45) is 0. The van der Waals surface area contributed by atoms with Crippen LogP contribution >= 0.6 is 24.4 Å². The van der Waals surface area contributed by atoms with Gasteiger partial charge >= 0.3 is 0 Å². The summed E-state index contributed by atoms with van der Waals surface area (Å²) in [4.78, 5) is 12.3. The van der Waals surface area contributed by atoms with Crippen molar-refractivity contribution in [1.82, 2.24) is 0 Å². The lowest BCUT2D eigenvalue weighted by atomic mass is 10.2. The van der Waals surface area contributed by atoms with Crippen LogP contribution in [0.3, 0.4) is 0 Å². The van der Waals surface area contributed by atoms with Crippen LogP contribution in [-0.2, 0) is 5.75 Å². The summed E-state index contributed by atoms with van der Waals surface area (Å²) in [6.45, 7) is 0. The molecule has 0 fully saturated rings. The molecule has 0 spiro atoms. The SMILES string of the molecule is O=[N+]([O-])c1cc(CS)ccc1Sc1ccccc1. The van der Waals surface area contributed by atoms with Gasteiger partial charge in [0, 0.05) is 16.7 Å². The summed E-state index contributed by atoms with van der Waals surface area (Å²) >= 11 is 5.52. The normalized spacial score (nSPS) is 10.3. The van der Waals surface area contributed by atoms with E-state index in [1.54, 1.807) is 12.1 Å². The zero-order valence-corrected chi connectivity index (χ0v) is 11.2. The maximum absolute atomic E-state index is 11.0. The summed E-state index contributed by atoms with van der Waals surface area (Å²) in [6, 6.07) is 14.8. The van der Waals surface area contributed by atoms with Gasteiger partial charge in [0.2, 0.25) is 0 Å². The van der Waals surface area contributed by atoms with Gasteiger partial charge in [-0.2, -0.15) is 12.6 Å². The lowest BCUT2D eigenvalue weighted by Gasteiger charge is -2.04. The largest absolute Gasteiger partial charge is 0.283 e. The molecule has 0 saturated heterocycles. The smallest absolute Gasteiger partial charge is 0.258 e. The van der Waals surface area contributed by atoms with E-state index in [1.165, 1.54) is 11.8 Å². The van der Waals surface area contributed by atoms with Gasteiger partial charge in [0.25, 0.3) is 5.69 Å². The molecule has 0 unspecified atom stereocenters. The molecule has 0 radical (unpaired) electrons. The van der Waals surface area contributed by atoms with Crippen molar-refractivity contribution in [2.75, 3.05) is 0 Å². The van der Waals surface area contributed by atoms with Crippen LogP contribution in [0.2, 0.25) is 0 Å². The third-order valence-electron chi connectivity index (χ3n) is 2.37. The summed E-state index contributed by atoms with van der Waals surface area (Å²) in [7, 11) is 0. The van der Waals surface area contributed by atoms with Gasteiger partial charge in [0.05, 0.1) is 9.82 Å². The molecule has 0 aliphatic carbocycles. The van der Waals surface area contributed by atoms with Gasteiger partial charge < -0.3 is 0 Å². The fourth-order valence-corrected chi connectivity index (χ4v) is 2.62. The topological polar surface area (TPSA) is 43.1 Å². The van der Waals surface area contributed by atoms with E-state index in [-0.39, 0.29) is 10.6 Å². The molecule has 0 atom stereocenters. The molecule has 5 heteroatoms. The second-order valence-corrected chi connectivity index (χ2v) is 5.06. The highest BCUT2D eigenvalue weighted by Gasteiger charge is 2.15. The van der Waals surface area contributed by atoms with Crippen LogP contribution in [0.5, 0.6) is 0 Å². The van der Waals surface area contributed by atoms with Crippen molar-refractivity contribution < 1.29 is 4.92 Å². The third-order valence-corrected chi connectivity index (χ3v) is 3.81. The highest BCUT2D eigenvalue weighted by Crippen LogP contribution is 2.35. The monoisotopic (exact) mass is 277 g/mol. The van der Waals surface area contributed by atoms with Crippen LogP contribution in [0, 0.1) is 10.1 Å². The molecular weight excluding hydrogens is 266 g/mol. The molecule has 0 bridgehead atoms. The zero-order chi connectivity index (χ0) is 13.0. The Morgan fingerprint density at radius 3 is 2.50 bits per heavy atom. The average Bonchev–Trinajstić information content (AvgIpc) is 2.40. The Kier molecular flexibility index (Phi) is 4.28. The molecule has 0 aliphatic rings.